The minimum atomic E-state index is -1.08. The van der Waals surface area contributed by atoms with Crippen molar-refractivity contribution >= 4 is 23.3 Å². The Kier molecular flexibility index (Phi) is 3.47. The van der Waals surface area contributed by atoms with Gasteiger partial charge in [0.25, 0.3) is 0 Å². The van der Waals surface area contributed by atoms with E-state index in [9.17, 15) is 9.18 Å². The Hall–Kier alpha value is -1.36. The fourth-order valence-electron chi connectivity index (χ4n) is 2.00. The first-order valence-electron chi connectivity index (χ1n) is 5.35. The van der Waals surface area contributed by atoms with Gasteiger partial charge in [-0.15, -0.1) is 0 Å². The van der Waals surface area contributed by atoms with Crippen molar-refractivity contribution in [1.29, 1.82) is 0 Å². The first kappa shape index (κ1) is 12.1. The number of anilines is 1. The molecule has 1 aliphatic carbocycles. The van der Waals surface area contributed by atoms with Gasteiger partial charge in [0.1, 0.15) is 16.9 Å². The second-order valence-corrected chi connectivity index (χ2v) is 4.50. The number of rotatable bonds is 3. The maximum atomic E-state index is 13.0. The van der Waals surface area contributed by atoms with E-state index in [0.29, 0.717) is 24.9 Å². The summed E-state index contributed by atoms with van der Waals surface area (Å²) >= 11 is 5.72. The molecule has 0 bridgehead atoms. The molecule has 1 aliphatic rings. The van der Waals surface area contributed by atoms with Crippen molar-refractivity contribution < 1.29 is 14.3 Å². The van der Waals surface area contributed by atoms with Crippen molar-refractivity contribution in [3.8, 4) is 0 Å². The van der Waals surface area contributed by atoms with Gasteiger partial charge in [0.05, 0.1) is 5.69 Å². The Labute approximate surface area is 103 Å². The molecule has 92 valence electrons. The van der Waals surface area contributed by atoms with E-state index in [2.05, 4.69) is 10.3 Å². The quantitative estimate of drug-likeness (QED) is 0.819. The van der Waals surface area contributed by atoms with Crippen LogP contribution in [-0.4, -0.2) is 28.3 Å². The number of hydrogen-bond donors (Lipinski definition) is 2. The summed E-state index contributed by atoms with van der Waals surface area (Å²) in [4.78, 5) is 14.7. The largest absolute Gasteiger partial charge is 0.478 e. The third-order valence-corrected chi connectivity index (χ3v) is 3.04. The topological polar surface area (TPSA) is 62.2 Å². The SMILES string of the molecule is O=C(O)c1cnc(Cl)cc1NC1CCC(F)C1. The Balaban J connectivity index is 2.19. The standard InChI is InChI=1S/C11H12ClFN2O2/c12-10-4-9(8(5-14-10)11(16)17)15-7-2-1-6(13)3-7/h4-7H,1-3H2,(H,14,15)(H,16,17). The molecular weight excluding hydrogens is 247 g/mol. The molecule has 1 aromatic rings. The van der Waals surface area contributed by atoms with Gasteiger partial charge in [0, 0.05) is 12.2 Å². The van der Waals surface area contributed by atoms with E-state index in [1.165, 1.54) is 12.3 Å². The Bertz CT molecular complexity index is 441. The van der Waals surface area contributed by atoms with E-state index in [0.717, 1.165) is 0 Å². The van der Waals surface area contributed by atoms with E-state index in [-0.39, 0.29) is 16.8 Å². The van der Waals surface area contributed by atoms with Crippen LogP contribution in [0.1, 0.15) is 29.6 Å². The molecule has 0 radical (unpaired) electrons. The molecule has 0 amide bonds. The number of carboxylic acid groups (broad SMARTS) is 1. The highest BCUT2D eigenvalue weighted by Crippen LogP contribution is 2.27. The number of aromatic carboxylic acids is 1. The predicted molar refractivity (Wildman–Crippen MR) is 62.4 cm³/mol. The molecule has 0 saturated heterocycles. The second-order valence-electron chi connectivity index (χ2n) is 4.11. The predicted octanol–water partition coefficient (Wildman–Crippen LogP) is 2.74. The molecule has 1 saturated carbocycles. The number of carbonyl (C=O) groups is 1. The number of carboxylic acids is 1. The van der Waals surface area contributed by atoms with E-state index < -0.39 is 12.1 Å². The highest BCUT2D eigenvalue weighted by atomic mass is 35.5. The lowest BCUT2D eigenvalue weighted by Crippen LogP contribution is -2.18. The molecule has 2 unspecified atom stereocenters. The van der Waals surface area contributed by atoms with E-state index in [4.69, 9.17) is 16.7 Å². The summed E-state index contributed by atoms with van der Waals surface area (Å²) in [5, 5.41) is 12.2. The Morgan fingerprint density at radius 2 is 2.35 bits per heavy atom. The molecule has 2 N–H and O–H groups in total. The van der Waals surface area contributed by atoms with Gasteiger partial charge in [-0.3, -0.25) is 0 Å². The molecule has 1 aromatic heterocycles. The van der Waals surface area contributed by atoms with Crippen LogP contribution in [0.25, 0.3) is 0 Å². The van der Waals surface area contributed by atoms with Crippen molar-refractivity contribution in [2.24, 2.45) is 0 Å². The molecular formula is C11H12ClFN2O2. The average Bonchev–Trinajstić information content (AvgIpc) is 2.63. The zero-order chi connectivity index (χ0) is 12.4. The molecule has 0 aliphatic heterocycles. The third-order valence-electron chi connectivity index (χ3n) is 2.83. The monoisotopic (exact) mass is 258 g/mol. The molecule has 2 atom stereocenters. The van der Waals surface area contributed by atoms with Gasteiger partial charge < -0.3 is 10.4 Å². The highest BCUT2D eigenvalue weighted by molar-refractivity contribution is 6.29. The van der Waals surface area contributed by atoms with Crippen LogP contribution < -0.4 is 5.32 Å². The molecule has 0 aromatic carbocycles. The van der Waals surface area contributed by atoms with Crippen LogP contribution in [-0.2, 0) is 0 Å². The van der Waals surface area contributed by atoms with E-state index >= 15 is 0 Å². The number of pyridine rings is 1. The Morgan fingerprint density at radius 1 is 1.59 bits per heavy atom. The van der Waals surface area contributed by atoms with Crippen molar-refractivity contribution in [2.45, 2.75) is 31.5 Å². The number of halogens is 2. The van der Waals surface area contributed by atoms with Gasteiger partial charge in [-0.25, -0.2) is 14.2 Å². The van der Waals surface area contributed by atoms with Gasteiger partial charge in [-0.05, 0) is 25.3 Å². The summed E-state index contributed by atoms with van der Waals surface area (Å²) in [7, 11) is 0. The lowest BCUT2D eigenvalue weighted by molar-refractivity contribution is 0.0697. The van der Waals surface area contributed by atoms with Gasteiger partial charge in [-0.1, -0.05) is 11.6 Å². The number of nitrogens with zero attached hydrogens (tertiary/aromatic N) is 1. The molecule has 6 heteroatoms. The van der Waals surface area contributed by atoms with Crippen LogP contribution in [0.2, 0.25) is 5.15 Å². The van der Waals surface area contributed by atoms with Gasteiger partial charge in [-0.2, -0.15) is 0 Å². The minimum absolute atomic E-state index is 0.0402. The fourth-order valence-corrected chi connectivity index (χ4v) is 2.16. The summed E-state index contributed by atoms with van der Waals surface area (Å²) in [6.45, 7) is 0. The van der Waals surface area contributed by atoms with Crippen LogP contribution in [0.3, 0.4) is 0 Å². The van der Waals surface area contributed by atoms with Crippen LogP contribution in [0.4, 0.5) is 10.1 Å². The first-order valence-corrected chi connectivity index (χ1v) is 5.73. The normalized spacial score (nSPS) is 23.6. The maximum absolute atomic E-state index is 13.0. The summed E-state index contributed by atoms with van der Waals surface area (Å²) in [5.41, 5.74) is 0.452. The lowest BCUT2D eigenvalue weighted by Gasteiger charge is -2.15. The first-order chi connectivity index (χ1) is 8.06. The fraction of sp³-hybridized carbons (Fsp3) is 0.455. The zero-order valence-electron chi connectivity index (χ0n) is 8.99. The minimum Gasteiger partial charge on any atom is -0.478 e. The number of hydrogen-bond acceptors (Lipinski definition) is 3. The molecule has 0 spiro atoms. The molecule has 1 fully saturated rings. The second kappa shape index (κ2) is 4.87. The summed E-state index contributed by atoms with van der Waals surface area (Å²) in [5.74, 6) is -1.08. The molecule has 2 rings (SSSR count). The molecule has 4 nitrogen and oxygen atoms in total. The van der Waals surface area contributed by atoms with E-state index in [1.54, 1.807) is 0 Å². The van der Waals surface area contributed by atoms with Crippen LogP contribution in [0.15, 0.2) is 12.3 Å². The van der Waals surface area contributed by atoms with Crippen LogP contribution >= 0.6 is 11.6 Å². The van der Waals surface area contributed by atoms with Crippen molar-refractivity contribution in [3.05, 3.63) is 23.0 Å². The molecule has 17 heavy (non-hydrogen) atoms. The zero-order valence-corrected chi connectivity index (χ0v) is 9.75. The summed E-state index contributed by atoms with van der Waals surface area (Å²) in [6, 6.07) is 1.41. The maximum Gasteiger partial charge on any atom is 0.339 e. The Morgan fingerprint density at radius 3 is 2.94 bits per heavy atom. The lowest BCUT2D eigenvalue weighted by atomic mass is 10.2. The highest BCUT2D eigenvalue weighted by Gasteiger charge is 2.25. The van der Waals surface area contributed by atoms with Crippen LogP contribution in [0, 0.1) is 0 Å². The number of nitrogens with one attached hydrogen (secondary N) is 1. The average molecular weight is 259 g/mol. The third kappa shape index (κ3) is 2.85. The number of aromatic nitrogens is 1. The van der Waals surface area contributed by atoms with Gasteiger partial charge >= 0.3 is 5.97 Å². The summed E-state index contributed by atoms with van der Waals surface area (Å²) < 4.78 is 13.0. The number of alkyl halides is 1. The van der Waals surface area contributed by atoms with Crippen molar-refractivity contribution in [2.75, 3.05) is 5.32 Å². The van der Waals surface area contributed by atoms with Gasteiger partial charge in [0.2, 0.25) is 0 Å². The smallest absolute Gasteiger partial charge is 0.339 e. The van der Waals surface area contributed by atoms with Crippen LogP contribution in [0.5, 0.6) is 0 Å². The summed E-state index contributed by atoms with van der Waals surface area (Å²) in [6.07, 6.45) is 2.01. The van der Waals surface area contributed by atoms with Crippen molar-refractivity contribution in [1.82, 2.24) is 4.98 Å². The van der Waals surface area contributed by atoms with Crippen molar-refractivity contribution in [3.63, 3.8) is 0 Å². The van der Waals surface area contributed by atoms with Gasteiger partial charge in [0.15, 0.2) is 0 Å². The molecule has 1 heterocycles. The van der Waals surface area contributed by atoms with E-state index in [1.807, 2.05) is 0 Å².